The van der Waals surface area contributed by atoms with Crippen LogP contribution in [0.1, 0.15) is 47.0 Å². The molecule has 0 saturated carbocycles. The summed E-state index contributed by atoms with van der Waals surface area (Å²) < 4.78 is 5.46. The van der Waals surface area contributed by atoms with E-state index in [0.717, 1.165) is 26.1 Å². The van der Waals surface area contributed by atoms with Crippen molar-refractivity contribution in [1.82, 2.24) is 10.2 Å². The Morgan fingerprint density at radius 1 is 1.32 bits per heavy atom. The minimum Gasteiger partial charge on any atom is -0.444 e. The zero-order valence-corrected chi connectivity index (χ0v) is 12.7. The molecular formula is C15H28N2O2. The number of nitrogens with one attached hydrogen (secondary N) is 1. The monoisotopic (exact) mass is 268 g/mol. The number of nitrogens with zero attached hydrogens (tertiary/aromatic N) is 1. The van der Waals surface area contributed by atoms with Crippen LogP contribution < -0.4 is 5.32 Å². The van der Waals surface area contributed by atoms with E-state index in [1.54, 1.807) is 0 Å². The molecule has 0 spiro atoms. The lowest BCUT2D eigenvalue weighted by molar-refractivity contribution is 0.00933. The van der Waals surface area contributed by atoms with E-state index in [-0.39, 0.29) is 6.09 Å². The Balaban J connectivity index is 1.87. The van der Waals surface area contributed by atoms with Crippen LogP contribution in [0.3, 0.4) is 0 Å². The Kier molecular flexibility index (Phi) is 4.39. The molecule has 3 unspecified atom stereocenters. The van der Waals surface area contributed by atoms with Crippen molar-refractivity contribution >= 4 is 6.09 Å². The third-order valence-corrected chi connectivity index (χ3v) is 4.24. The smallest absolute Gasteiger partial charge is 0.410 e. The van der Waals surface area contributed by atoms with Crippen molar-refractivity contribution in [1.29, 1.82) is 0 Å². The minimum absolute atomic E-state index is 0.155. The summed E-state index contributed by atoms with van der Waals surface area (Å²) in [4.78, 5) is 14.0. The summed E-state index contributed by atoms with van der Waals surface area (Å²) >= 11 is 0. The summed E-state index contributed by atoms with van der Waals surface area (Å²) in [6.07, 6.45) is 3.53. The Labute approximate surface area is 116 Å². The fraction of sp³-hybridized carbons (Fsp3) is 0.933. The van der Waals surface area contributed by atoms with Crippen LogP contribution in [-0.4, -0.2) is 42.3 Å². The summed E-state index contributed by atoms with van der Waals surface area (Å²) in [5.74, 6) is 1.26. The van der Waals surface area contributed by atoms with Crippen molar-refractivity contribution in [3.8, 4) is 0 Å². The van der Waals surface area contributed by atoms with Crippen LogP contribution in [0.4, 0.5) is 4.79 Å². The summed E-state index contributed by atoms with van der Waals surface area (Å²) in [7, 11) is 0. The molecule has 2 aliphatic heterocycles. The topological polar surface area (TPSA) is 41.6 Å². The SMILES string of the molecule is CC1CN(C(=O)OC(C)(C)C)CCC1C1CCCN1. The van der Waals surface area contributed by atoms with E-state index in [1.165, 1.54) is 12.8 Å². The van der Waals surface area contributed by atoms with E-state index in [2.05, 4.69) is 12.2 Å². The third kappa shape index (κ3) is 3.85. The average Bonchev–Trinajstić information content (AvgIpc) is 2.79. The quantitative estimate of drug-likeness (QED) is 0.795. The van der Waals surface area contributed by atoms with Crippen molar-refractivity contribution in [2.75, 3.05) is 19.6 Å². The van der Waals surface area contributed by atoms with Crippen molar-refractivity contribution in [2.24, 2.45) is 11.8 Å². The van der Waals surface area contributed by atoms with E-state index >= 15 is 0 Å². The molecule has 1 N–H and O–H groups in total. The van der Waals surface area contributed by atoms with E-state index < -0.39 is 5.60 Å². The van der Waals surface area contributed by atoms with Gasteiger partial charge in [-0.2, -0.15) is 0 Å². The van der Waals surface area contributed by atoms with Crippen LogP contribution in [-0.2, 0) is 4.74 Å². The number of piperidine rings is 1. The molecule has 2 rings (SSSR count). The Morgan fingerprint density at radius 3 is 2.58 bits per heavy atom. The molecule has 0 aromatic rings. The second-order valence-corrected chi connectivity index (χ2v) is 7.06. The zero-order chi connectivity index (χ0) is 14.0. The normalized spacial score (nSPS) is 32.4. The maximum absolute atomic E-state index is 12.1. The highest BCUT2D eigenvalue weighted by Crippen LogP contribution is 2.30. The predicted molar refractivity (Wildman–Crippen MR) is 76.1 cm³/mol. The maximum atomic E-state index is 12.1. The molecule has 19 heavy (non-hydrogen) atoms. The van der Waals surface area contributed by atoms with Gasteiger partial charge in [0.25, 0.3) is 0 Å². The van der Waals surface area contributed by atoms with Gasteiger partial charge < -0.3 is 15.0 Å². The standard InChI is InChI=1S/C15H28N2O2/c1-11-10-17(14(18)19-15(2,3)4)9-7-12(11)13-6-5-8-16-13/h11-13,16H,5-10H2,1-4H3. The van der Waals surface area contributed by atoms with Gasteiger partial charge in [-0.15, -0.1) is 0 Å². The number of amides is 1. The minimum atomic E-state index is -0.399. The van der Waals surface area contributed by atoms with Crippen molar-refractivity contribution in [2.45, 2.75) is 58.6 Å². The van der Waals surface area contributed by atoms with Crippen LogP contribution in [0.15, 0.2) is 0 Å². The third-order valence-electron chi connectivity index (χ3n) is 4.24. The molecule has 4 nitrogen and oxygen atoms in total. The van der Waals surface area contributed by atoms with Crippen molar-refractivity contribution in [3.05, 3.63) is 0 Å². The highest BCUT2D eigenvalue weighted by Gasteiger charge is 2.35. The zero-order valence-electron chi connectivity index (χ0n) is 12.7. The number of rotatable bonds is 1. The number of hydrogen-bond acceptors (Lipinski definition) is 3. The second-order valence-electron chi connectivity index (χ2n) is 7.06. The first kappa shape index (κ1) is 14.6. The van der Waals surface area contributed by atoms with Gasteiger partial charge in [0.1, 0.15) is 5.60 Å². The van der Waals surface area contributed by atoms with Gasteiger partial charge in [0, 0.05) is 19.1 Å². The largest absolute Gasteiger partial charge is 0.444 e. The van der Waals surface area contributed by atoms with Crippen molar-refractivity contribution in [3.63, 3.8) is 0 Å². The second kappa shape index (κ2) is 5.70. The Hall–Kier alpha value is -0.770. The average molecular weight is 268 g/mol. The van der Waals surface area contributed by atoms with Gasteiger partial charge in [-0.25, -0.2) is 4.79 Å². The van der Waals surface area contributed by atoms with E-state index in [9.17, 15) is 4.79 Å². The van der Waals surface area contributed by atoms with Crippen LogP contribution in [0.25, 0.3) is 0 Å². The number of ether oxygens (including phenoxy) is 1. The highest BCUT2D eigenvalue weighted by molar-refractivity contribution is 5.68. The molecule has 3 atom stereocenters. The molecule has 110 valence electrons. The van der Waals surface area contributed by atoms with Gasteiger partial charge in [0.15, 0.2) is 0 Å². The summed E-state index contributed by atoms with van der Waals surface area (Å²) in [6, 6.07) is 0.663. The Bertz CT molecular complexity index is 319. The first-order chi connectivity index (χ1) is 8.87. The van der Waals surface area contributed by atoms with Crippen molar-refractivity contribution < 1.29 is 9.53 Å². The summed E-state index contributed by atoms with van der Waals surface area (Å²) in [6.45, 7) is 10.8. The lowest BCUT2D eigenvalue weighted by Gasteiger charge is -2.40. The van der Waals surface area contributed by atoms with Crippen LogP contribution in [0, 0.1) is 11.8 Å². The molecule has 4 heteroatoms. The number of likely N-dealkylation sites (tertiary alicyclic amines) is 1. The molecular weight excluding hydrogens is 240 g/mol. The van der Waals surface area contributed by atoms with Gasteiger partial charge in [0.2, 0.25) is 0 Å². The van der Waals surface area contributed by atoms with E-state index in [4.69, 9.17) is 4.74 Å². The number of carbonyl (C=O) groups is 1. The molecule has 0 bridgehead atoms. The fourth-order valence-corrected chi connectivity index (χ4v) is 3.33. The Morgan fingerprint density at radius 2 is 2.05 bits per heavy atom. The molecule has 0 radical (unpaired) electrons. The first-order valence-electron chi connectivity index (χ1n) is 7.58. The summed E-state index contributed by atoms with van der Waals surface area (Å²) in [5.41, 5.74) is -0.399. The van der Waals surface area contributed by atoms with Gasteiger partial charge in [-0.1, -0.05) is 6.92 Å². The predicted octanol–water partition coefficient (Wildman–Crippen LogP) is 2.63. The lowest BCUT2D eigenvalue weighted by Crippen LogP contribution is -2.49. The van der Waals surface area contributed by atoms with Gasteiger partial charge in [-0.05, 0) is 58.4 Å². The van der Waals surface area contributed by atoms with Crippen LogP contribution in [0.5, 0.6) is 0 Å². The van der Waals surface area contributed by atoms with Crippen LogP contribution in [0.2, 0.25) is 0 Å². The van der Waals surface area contributed by atoms with E-state index in [0.29, 0.717) is 17.9 Å². The molecule has 0 aliphatic carbocycles. The van der Waals surface area contributed by atoms with Gasteiger partial charge >= 0.3 is 6.09 Å². The number of hydrogen-bond donors (Lipinski definition) is 1. The summed E-state index contributed by atoms with van der Waals surface area (Å²) in [5, 5.41) is 3.60. The molecule has 1 amide bonds. The molecule has 2 fully saturated rings. The lowest BCUT2D eigenvalue weighted by atomic mass is 9.81. The fourth-order valence-electron chi connectivity index (χ4n) is 3.33. The van der Waals surface area contributed by atoms with Crippen LogP contribution >= 0.6 is 0 Å². The molecule has 0 aromatic heterocycles. The first-order valence-corrected chi connectivity index (χ1v) is 7.58. The molecule has 2 aliphatic rings. The molecule has 2 heterocycles. The molecule has 0 aromatic carbocycles. The van der Waals surface area contributed by atoms with Gasteiger partial charge in [0.05, 0.1) is 0 Å². The molecule has 2 saturated heterocycles. The van der Waals surface area contributed by atoms with Gasteiger partial charge in [-0.3, -0.25) is 0 Å². The number of carbonyl (C=O) groups excluding carboxylic acids is 1. The van der Waals surface area contributed by atoms with E-state index in [1.807, 2.05) is 25.7 Å². The maximum Gasteiger partial charge on any atom is 0.410 e. The highest BCUT2D eigenvalue weighted by atomic mass is 16.6.